The van der Waals surface area contributed by atoms with Gasteiger partial charge in [0.15, 0.2) is 5.15 Å². The molecule has 0 saturated heterocycles. The Balaban J connectivity index is 2.51. The SMILES string of the molecule is CC(C)CCNC(=O)Cn1ccnc(Cl)c1=O. The standard InChI is InChI=1S/C11H16ClN3O2/c1-8(2)3-4-13-9(16)7-15-6-5-14-10(12)11(15)17/h5-6,8H,3-4,7H2,1-2H3,(H,13,16). The number of aromatic nitrogens is 2. The fourth-order valence-corrected chi connectivity index (χ4v) is 1.42. The summed E-state index contributed by atoms with van der Waals surface area (Å²) in [5.41, 5.74) is -0.451. The molecule has 0 radical (unpaired) electrons. The maximum atomic E-state index is 11.5. The van der Waals surface area contributed by atoms with Crippen LogP contribution in [0, 0.1) is 5.92 Å². The Morgan fingerprint density at radius 1 is 1.59 bits per heavy atom. The van der Waals surface area contributed by atoms with E-state index in [4.69, 9.17) is 11.6 Å². The van der Waals surface area contributed by atoms with Crippen LogP contribution in [0.3, 0.4) is 0 Å². The zero-order valence-electron chi connectivity index (χ0n) is 9.94. The third kappa shape index (κ3) is 4.56. The third-order valence-electron chi connectivity index (χ3n) is 2.23. The van der Waals surface area contributed by atoms with E-state index < -0.39 is 5.56 Å². The predicted octanol–water partition coefficient (Wildman–Crippen LogP) is 1.06. The van der Waals surface area contributed by atoms with Crippen molar-refractivity contribution in [3.63, 3.8) is 0 Å². The van der Waals surface area contributed by atoms with Crippen molar-refractivity contribution in [2.45, 2.75) is 26.8 Å². The lowest BCUT2D eigenvalue weighted by Gasteiger charge is -2.08. The molecule has 17 heavy (non-hydrogen) atoms. The lowest BCUT2D eigenvalue weighted by Crippen LogP contribution is -2.33. The first-order valence-electron chi connectivity index (χ1n) is 5.48. The quantitative estimate of drug-likeness (QED) is 0.858. The summed E-state index contributed by atoms with van der Waals surface area (Å²) in [6.07, 6.45) is 3.75. The molecule has 1 heterocycles. The number of nitrogens with one attached hydrogen (secondary N) is 1. The average molecular weight is 258 g/mol. The van der Waals surface area contributed by atoms with Gasteiger partial charge in [-0.3, -0.25) is 9.59 Å². The minimum Gasteiger partial charge on any atom is -0.355 e. The molecule has 94 valence electrons. The second kappa shape index (κ2) is 6.39. The molecule has 0 unspecified atom stereocenters. The molecule has 0 saturated carbocycles. The van der Waals surface area contributed by atoms with Crippen LogP contribution in [0.25, 0.3) is 0 Å². The number of hydrogen-bond donors (Lipinski definition) is 1. The molecule has 1 N–H and O–H groups in total. The number of carbonyl (C=O) groups excluding carboxylic acids is 1. The normalized spacial score (nSPS) is 10.6. The monoisotopic (exact) mass is 257 g/mol. The Bertz CT molecular complexity index is 443. The van der Waals surface area contributed by atoms with Crippen LogP contribution < -0.4 is 10.9 Å². The van der Waals surface area contributed by atoms with Crippen LogP contribution in [0.4, 0.5) is 0 Å². The van der Waals surface area contributed by atoms with E-state index in [0.717, 1.165) is 6.42 Å². The fraction of sp³-hybridized carbons (Fsp3) is 0.545. The Morgan fingerprint density at radius 2 is 2.29 bits per heavy atom. The number of rotatable bonds is 5. The Hall–Kier alpha value is -1.36. The van der Waals surface area contributed by atoms with Crippen LogP contribution in [0.1, 0.15) is 20.3 Å². The van der Waals surface area contributed by atoms with E-state index in [-0.39, 0.29) is 17.6 Å². The lowest BCUT2D eigenvalue weighted by molar-refractivity contribution is -0.121. The molecule has 0 atom stereocenters. The summed E-state index contributed by atoms with van der Waals surface area (Å²) in [5, 5.41) is 2.62. The molecule has 0 bridgehead atoms. The molecule has 1 amide bonds. The van der Waals surface area contributed by atoms with Crippen molar-refractivity contribution in [3.05, 3.63) is 27.9 Å². The van der Waals surface area contributed by atoms with Crippen molar-refractivity contribution >= 4 is 17.5 Å². The van der Waals surface area contributed by atoms with Gasteiger partial charge in [-0.2, -0.15) is 0 Å². The zero-order valence-corrected chi connectivity index (χ0v) is 10.7. The predicted molar refractivity (Wildman–Crippen MR) is 66.0 cm³/mol. The van der Waals surface area contributed by atoms with E-state index in [2.05, 4.69) is 24.1 Å². The summed E-state index contributed by atoms with van der Waals surface area (Å²) in [6, 6.07) is 0. The second-order valence-electron chi connectivity index (χ2n) is 4.18. The molecule has 1 aromatic heterocycles. The number of amides is 1. The summed E-state index contributed by atoms with van der Waals surface area (Å²) in [5.74, 6) is 0.336. The van der Waals surface area contributed by atoms with Crippen LogP contribution in [0.2, 0.25) is 5.15 Å². The van der Waals surface area contributed by atoms with Crippen molar-refractivity contribution in [1.29, 1.82) is 0 Å². The highest BCUT2D eigenvalue weighted by atomic mass is 35.5. The van der Waals surface area contributed by atoms with Gasteiger partial charge in [-0.1, -0.05) is 25.4 Å². The molecule has 0 aliphatic carbocycles. The highest BCUT2D eigenvalue weighted by molar-refractivity contribution is 6.29. The molecule has 0 spiro atoms. The van der Waals surface area contributed by atoms with Gasteiger partial charge < -0.3 is 9.88 Å². The van der Waals surface area contributed by atoms with Gasteiger partial charge in [0.1, 0.15) is 6.54 Å². The summed E-state index contributed by atoms with van der Waals surface area (Å²) in [6.45, 7) is 4.75. The van der Waals surface area contributed by atoms with Gasteiger partial charge >= 0.3 is 0 Å². The molecular weight excluding hydrogens is 242 g/mol. The van der Waals surface area contributed by atoms with Crippen LogP contribution in [0.15, 0.2) is 17.2 Å². The number of halogens is 1. The summed E-state index contributed by atoms with van der Waals surface area (Å²) in [4.78, 5) is 26.6. The fourth-order valence-electron chi connectivity index (χ4n) is 1.26. The number of carbonyl (C=O) groups is 1. The Labute approximate surface area is 105 Å². The van der Waals surface area contributed by atoms with E-state index >= 15 is 0 Å². The van der Waals surface area contributed by atoms with Crippen LogP contribution in [-0.2, 0) is 11.3 Å². The molecule has 1 rings (SSSR count). The smallest absolute Gasteiger partial charge is 0.288 e. The topological polar surface area (TPSA) is 64.0 Å². The van der Waals surface area contributed by atoms with Gasteiger partial charge in [0, 0.05) is 18.9 Å². The largest absolute Gasteiger partial charge is 0.355 e. The van der Waals surface area contributed by atoms with E-state index in [0.29, 0.717) is 12.5 Å². The minimum absolute atomic E-state index is 0.0286. The molecule has 5 nitrogen and oxygen atoms in total. The number of nitrogens with zero attached hydrogens (tertiary/aromatic N) is 2. The van der Waals surface area contributed by atoms with Crippen molar-refractivity contribution in [2.75, 3.05) is 6.54 Å². The molecule has 0 fully saturated rings. The highest BCUT2D eigenvalue weighted by Crippen LogP contribution is 1.96. The molecule has 0 aliphatic rings. The molecular formula is C11H16ClN3O2. The summed E-state index contributed by atoms with van der Waals surface area (Å²) < 4.78 is 1.24. The van der Waals surface area contributed by atoms with Crippen molar-refractivity contribution < 1.29 is 4.79 Å². The van der Waals surface area contributed by atoms with Gasteiger partial charge in [-0.15, -0.1) is 0 Å². The van der Waals surface area contributed by atoms with Crippen molar-refractivity contribution in [1.82, 2.24) is 14.9 Å². The Kier molecular flexibility index (Phi) is 5.15. The first-order chi connectivity index (χ1) is 8.00. The van der Waals surface area contributed by atoms with Crippen LogP contribution in [0.5, 0.6) is 0 Å². The maximum Gasteiger partial charge on any atom is 0.288 e. The molecule has 0 aliphatic heterocycles. The van der Waals surface area contributed by atoms with Gasteiger partial charge in [0.2, 0.25) is 5.91 Å². The second-order valence-corrected chi connectivity index (χ2v) is 4.54. The third-order valence-corrected chi connectivity index (χ3v) is 2.49. The highest BCUT2D eigenvalue weighted by Gasteiger charge is 2.06. The lowest BCUT2D eigenvalue weighted by atomic mass is 10.1. The van der Waals surface area contributed by atoms with Crippen molar-refractivity contribution in [2.24, 2.45) is 5.92 Å². The summed E-state index contributed by atoms with van der Waals surface area (Å²) in [7, 11) is 0. The minimum atomic E-state index is -0.451. The maximum absolute atomic E-state index is 11.5. The van der Waals surface area contributed by atoms with E-state index in [1.807, 2.05) is 0 Å². The van der Waals surface area contributed by atoms with Crippen LogP contribution in [-0.4, -0.2) is 22.0 Å². The average Bonchev–Trinajstić information content (AvgIpc) is 2.24. The zero-order chi connectivity index (χ0) is 12.8. The first kappa shape index (κ1) is 13.7. The first-order valence-corrected chi connectivity index (χ1v) is 5.86. The molecule has 0 aromatic carbocycles. The van der Waals surface area contributed by atoms with Crippen LogP contribution >= 0.6 is 11.6 Å². The van der Waals surface area contributed by atoms with E-state index in [1.54, 1.807) is 0 Å². The molecule has 1 aromatic rings. The summed E-state index contributed by atoms with van der Waals surface area (Å²) >= 11 is 5.57. The van der Waals surface area contributed by atoms with Gasteiger partial charge in [0.25, 0.3) is 5.56 Å². The Morgan fingerprint density at radius 3 is 2.94 bits per heavy atom. The van der Waals surface area contributed by atoms with E-state index in [1.165, 1.54) is 17.0 Å². The number of hydrogen-bond acceptors (Lipinski definition) is 3. The van der Waals surface area contributed by atoms with E-state index in [9.17, 15) is 9.59 Å². The van der Waals surface area contributed by atoms with Gasteiger partial charge in [-0.05, 0) is 12.3 Å². The van der Waals surface area contributed by atoms with Crippen molar-refractivity contribution in [3.8, 4) is 0 Å². The van der Waals surface area contributed by atoms with Gasteiger partial charge in [0.05, 0.1) is 0 Å². The van der Waals surface area contributed by atoms with Gasteiger partial charge in [-0.25, -0.2) is 4.98 Å². The molecule has 6 heteroatoms.